The molecule has 152 valence electrons. The van der Waals surface area contributed by atoms with Crippen molar-refractivity contribution in [1.29, 1.82) is 0 Å². The van der Waals surface area contributed by atoms with Crippen LogP contribution in [-0.4, -0.2) is 105 Å². The van der Waals surface area contributed by atoms with Crippen molar-refractivity contribution < 1.29 is 30.3 Å². The minimum atomic E-state index is -1.86. The molecule has 1 aromatic rings. The van der Waals surface area contributed by atoms with Crippen LogP contribution >= 0.6 is 0 Å². The van der Waals surface area contributed by atoms with Crippen LogP contribution in [0.15, 0.2) is 30.3 Å². The Morgan fingerprint density at radius 1 is 1.07 bits per heavy atom. The van der Waals surface area contributed by atoms with Gasteiger partial charge in [-0.3, -0.25) is 4.90 Å². The fourth-order valence-corrected chi connectivity index (χ4v) is 3.80. The van der Waals surface area contributed by atoms with E-state index in [-0.39, 0.29) is 6.42 Å². The molecule has 27 heavy (non-hydrogen) atoms. The molecule has 0 unspecified atom stereocenters. The van der Waals surface area contributed by atoms with Crippen LogP contribution in [0.3, 0.4) is 0 Å². The van der Waals surface area contributed by atoms with Gasteiger partial charge in [0.1, 0.15) is 23.9 Å². The van der Waals surface area contributed by atoms with Gasteiger partial charge in [-0.2, -0.15) is 0 Å². The maximum atomic E-state index is 10.7. The summed E-state index contributed by atoms with van der Waals surface area (Å²) in [4.78, 5) is 4.55. The number of aliphatic hydroxyl groups excluding tert-OH is 4. The smallest absolute Gasteiger partial charge is 0.187 e. The van der Waals surface area contributed by atoms with E-state index in [2.05, 4.69) is 21.9 Å². The van der Waals surface area contributed by atoms with E-state index in [1.807, 2.05) is 18.2 Å². The Hall–Kier alpha value is -1.10. The third-order valence-electron chi connectivity index (χ3n) is 5.65. The summed E-state index contributed by atoms with van der Waals surface area (Å²) in [5.74, 6) is 0. The Bertz CT molecular complexity index is 583. The Kier molecular flexibility index (Phi) is 6.83. The highest BCUT2D eigenvalue weighted by atomic mass is 16.7. The van der Waals surface area contributed by atoms with Gasteiger partial charge in [0.2, 0.25) is 0 Å². The molecular formula is C19H30N2O6. The fourth-order valence-electron chi connectivity index (χ4n) is 3.80. The predicted octanol–water partition coefficient (Wildman–Crippen LogP) is -1.64. The topological polar surface area (TPSA) is 117 Å². The van der Waals surface area contributed by atoms with Gasteiger partial charge in [-0.15, -0.1) is 0 Å². The zero-order valence-corrected chi connectivity index (χ0v) is 15.4. The highest BCUT2D eigenvalue weighted by Crippen LogP contribution is 2.34. The molecule has 0 saturated carbocycles. The fraction of sp³-hybridized carbons (Fsp3) is 0.684. The molecule has 0 bridgehead atoms. The largest absolute Gasteiger partial charge is 0.394 e. The molecule has 3 rings (SSSR count). The van der Waals surface area contributed by atoms with E-state index in [4.69, 9.17) is 9.84 Å². The van der Waals surface area contributed by atoms with Gasteiger partial charge in [0.15, 0.2) is 6.29 Å². The van der Waals surface area contributed by atoms with Gasteiger partial charge in [0, 0.05) is 39.3 Å². The van der Waals surface area contributed by atoms with Crippen molar-refractivity contribution in [2.45, 2.75) is 43.2 Å². The lowest BCUT2D eigenvalue weighted by atomic mass is 9.89. The summed E-state index contributed by atoms with van der Waals surface area (Å²) in [5.41, 5.74) is -0.578. The summed E-state index contributed by atoms with van der Waals surface area (Å²) in [7, 11) is 0. The zero-order valence-electron chi connectivity index (χ0n) is 15.4. The second-order valence-electron chi connectivity index (χ2n) is 7.49. The Balaban J connectivity index is 1.47. The van der Waals surface area contributed by atoms with Gasteiger partial charge in [-0.05, 0) is 12.0 Å². The van der Waals surface area contributed by atoms with Crippen LogP contribution in [0.25, 0.3) is 0 Å². The molecule has 2 fully saturated rings. The Morgan fingerprint density at radius 3 is 2.33 bits per heavy atom. The van der Waals surface area contributed by atoms with Crippen molar-refractivity contribution in [3.8, 4) is 0 Å². The van der Waals surface area contributed by atoms with E-state index in [0.717, 1.165) is 32.7 Å². The molecule has 8 heteroatoms. The molecule has 2 aliphatic heterocycles. The first-order valence-corrected chi connectivity index (χ1v) is 9.45. The highest BCUT2D eigenvalue weighted by molar-refractivity contribution is 5.14. The SMILES string of the molecule is OC[C@@H](O)[C@H]1O[C@H](O)[C@](O)(CCN2CCN(Cc3ccccc3)CC2)[C@H]1O. The monoisotopic (exact) mass is 382 g/mol. The molecule has 5 N–H and O–H groups in total. The molecule has 0 spiro atoms. The first-order valence-electron chi connectivity index (χ1n) is 9.45. The Labute approximate surface area is 159 Å². The number of benzene rings is 1. The summed E-state index contributed by atoms with van der Waals surface area (Å²) in [6.07, 6.45) is -5.52. The lowest BCUT2D eigenvalue weighted by molar-refractivity contribution is -0.186. The van der Waals surface area contributed by atoms with Gasteiger partial charge < -0.3 is 35.2 Å². The number of hydrogen-bond donors (Lipinski definition) is 5. The number of ether oxygens (including phenoxy) is 1. The van der Waals surface area contributed by atoms with Crippen molar-refractivity contribution in [2.24, 2.45) is 0 Å². The summed E-state index contributed by atoms with van der Waals surface area (Å²) in [6.45, 7) is 4.26. The van der Waals surface area contributed by atoms with Crippen molar-refractivity contribution in [3.63, 3.8) is 0 Å². The zero-order chi connectivity index (χ0) is 19.4. The minimum Gasteiger partial charge on any atom is -0.394 e. The number of hydrogen-bond acceptors (Lipinski definition) is 8. The second-order valence-corrected chi connectivity index (χ2v) is 7.49. The Morgan fingerprint density at radius 2 is 1.70 bits per heavy atom. The summed E-state index contributed by atoms with van der Waals surface area (Å²) >= 11 is 0. The van der Waals surface area contributed by atoms with Gasteiger partial charge in [0.05, 0.1) is 6.61 Å². The van der Waals surface area contributed by atoms with Crippen molar-refractivity contribution >= 4 is 0 Å². The molecule has 1 aromatic carbocycles. The maximum absolute atomic E-state index is 10.7. The van der Waals surface area contributed by atoms with Crippen LogP contribution in [0, 0.1) is 0 Å². The minimum absolute atomic E-state index is 0.114. The average Bonchev–Trinajstić information content (AvgIpc) is 2.92. The van der Waals surface area contributed by atoms with Crippen LogP contribution in [0.2, 0.25) is 0 Å². The first-order chi connectivity index (χ1) is 12.9. The lowest BCUT2D eigenvalue weighted by Gasteiger charge is -2.37. The first kappa shape index (κ1) is 20.6. The molecule has 0 aliphatic carbocycles. The molecule has 0 aromatic heterocycles. The summed E-state index contributed by atoms with van der Waals surface area (Å²) in [6, 6.07) is 10.3. The van der Waals surface area contributed by atoms with E-state index in [1.165, 1.54) is 5.56 Å². The molecule has 8 nitrogen and oxygen atoms in total. The molecule has 2 aliphatic rings. The van der Waals surface area contributed by atoms with Crippen LogP contribution in [0.4, 0.5) is 0 Å². The average molecular weight is 382 g/mol. The van der Waals surface area contributed by atoms with Gasteiger partial charge in [-0.1, -0.05) is 30.3 Å². The molecule has 0 radical (unpaired) electrons. The second kappa shape index (κ2) is 8.93. The molecule has 2 heterocycles. The predicted molar refractivity (Wildman–Crippen MR) is 97.7 cm³/mol. The lowest BCUT2D eigenvalue weighted by Crippen LogP contribution is -2.53. The maximum Gasteiger partial charge on any atom is 0.187 e. The van der Waals surface area contributed by atoms with E-state index in [1.54, 1.807) is 0 Å². The van der Waals surface area contributed by atoms with Crippen LogP contribution in [0.1, 0.15) is 12.0 Å². The summed E-state index contributed by atoms with van der Waals surface area (Å²) < 4.78 is 5.08. The van der Waals surface area contributed by atoms with Gasteiger partial charge in [0.25, 0.3) is 0 Å². The van der Waals surface area contributed by atoms with Gasteiger partial charge in [-0.25, -0.2) is 0 Å². The van der Waals surface area contributed by atoms with E-state index >= 15 is 0 Å². The molecular weight excluding hydrogens is 352 g/mol. The van der Waals surface area contributed by atoms with Crippen molar-refractivity contribution in [3.05, 3.63) is 35.9 Å². The molecule has 0 amide bonds. The summed E-state index contributed by atoms with van der Waals surface area (Å²) in [5, 5.41) is 49.7. The number of piperazine rings is 1. The standard InChI is InChI=1S/C19H30N2O6/c22-13-15(23)16-17(24)19(26,18(25)27-16)6-7-20-8-10-21(11-9-20)12-14-4-2-1-3-5-14/h1-5,15-18,22-26H,6-13H2/t15-,16-,17+,18+,19+/m1/s1. The van der Waals surface area contributed by atoms with E-state index in [9.17, 15) is 20.4 Å². The molecule has 5 atom stereocenters. The quantitative estimate of drug-likeness (QED) is 0.381. The van der Waals surface area contributed by atoms with Crippen molar-refractivity contribution in [1.82, 2.24) is 9.80 Å². The number of nitrogens with zero attached hydrogens (tertiary/aromatic N) is 2. The van der Waals surface area contributed by atoms with Crippen LogP contribution in [-0.2, 0) is 11.3 Å². The van der Waals surface area contributed by atoms with Crippen molar-refractivity contribution in [2.75, 3.05) is 39.3 Å². The number of aliphatic hydroxyl groups is 5. The third kappa shape index (κ3) is 4.67. The van der Waals surface area contributed by atoms with E-state index in [0.29, 0.717) is 6.54 Å². The normalized spacial score (nSPS) is 34.0. The van der Waals surface area contributed by atoms with Crippen LogP contribution < -0.4 is 0 Å². The van der Waals surface area contributed by atoms with Crippen LogP contribution in [0.5, 0.6) is 0 Å². The highest BCUT2D eigenvalue weighted by Gasteiger charge is 2.56. The third-order valence-corrected chi connectivity index (χ3v) is 5.65. The van der Waals surface area contributed by atoms with Gasteiger partial charge >= 0.3 is 0 Å². The number of rotatable bonds is 7. The molecule has 2 saturated heterocycles. The van der Waals surface area contributed by atoms with E-state index < -0.39 is 36.8 Å².